The van der Waals surface area contributed by atoms with E-state index in [0.29, 0.717) is 5.56 Å². The van der Waals surface area contributed by atoms with E-state index >= 15 is 0 Å². The molecule has 6 heteroatoms. The second-order valence-corrected chi connectivity index (χ2v) is 4.55. The number of benzene rings is 1. The third-order valence-electron chi connectivity index (χ3n) is 1.56. The fourth-order valence-electron chi connectivity index (χ4n) is 0.748. The van der Waals surface area contributed by atoms with Gasteiger partial charge >= 0.3 is 28.0 Å². The van der Waals surface area contributed by atoms with Gasteiger partial charge in [0.2, 0.25) is 0 Å². The summed E-state index contributed by atoms with van der Waals surface area (Å²) in [5.41, 5.74) is -0.537. The summed E-state index contributed by atoms with van der Waals surface area (Å²) >= 11 is 0.125. The van der Waals surface area contributed by atoms with E-state index in [4.69, 9.17) is 3.57 Å². The van der Waals surface area contributed by atoms with Crippen molar-refractivity contribution in [3.8, 4) is 0 Å². The number of hydrogen-bond acceptors (Lipinski definition) is 2. The van der Waals surface area contributed by atoms with Crippen molar-refractivity contribution in [2.45, 2.75) is 26.9 Å². The molecule has 0 amide bonds. The third-order valence-corrected chi connectivity index (χ3v) is 1.56. The van der Waals surface area contributed by atoms with E-state index in [1.807, 2.05) is 27.1 Å². The van der Waals surface area contributed by atoms with Gasteiger partial charge in [0.1, 0.15) is 0 Å². The van der Waals surface area contributed by atoms with Crippen LogP contribution in [0.25, 0.3) is 0 Å². The predicted molar refractivity (Wildman–Crippen MR) is 61.7 cm³/mol. The molecule has 0 saturated heterocycles. The first-order chi connectivity index (χ1) is 8.56. The summed E-state index contributed by atoms with van der Waals surface area (Å²) in [6.45, 7) is 8.85. The monoisotopic (exact) mass is 324 g/mol. The minimum atomic E-state index is -4.26. The Bertz CT molecular complexity index is 384. The van der Waals surface area contributed by atoms with Gasteiger partial charge in [-0.3, -0.25) is 6.29 Å². The molecule has 1 aromatic carbocycles. The zero-order valence-electron chi connectivity index (χ0n) is 11.2. The summed E-state index contributed by atoms with van der Waals surface area (Å²) in [6.07, 6.45) is -2.40. The van der Waals surface area contributed by atoms with Crippen LogP contribution in [0.4, 0.5) is 13.2 Å². The van der Waals surface area contributed by atoms with Crippen LogP contribution in [0.1, 0.15) is 31.9 Å². The van der Waals surface area contributed by atoms with E-state index < -0.39 is 11.7 Å². The van der Waals surface area contributed by atoms with E-state index in [0.717, 1.165) is 12.1 Å². The van der Waals surface area contributed by atoms with Crippen molar-refractivity contribution in [1.29, 1.82) is 0 Å². The zero-order valence-corrected chi connectivity index (χ0v) is 14.1. The van der Waals surface area contributed by atoms with Gasteiger partial charge in [-0.1, -0.05) is 26.8 Å². The van der Waals surface area contributed by atoms with Gasteiger partial charge in [0.15, 0.2) is 0 Å². The van der Waals surface area contributed by atoms with Crippen molar-refractivity contribution in [1.82, 2.24) is 0 Å². The molecule has 19 heavy (non-hydrogen) atoms. The quantitative estimate of drug-likeness (QED) is 0.535. The average molecular weight is 326 g/mol. The van der Waals surface area contributed by atoms with Crippen molar-refractivity contribution >= 4 is 6.29 Å². The van der Waals surface area contributed by atoms with Crippen LogP contribution < -0.4 is 0 Å². The molecule has 1 aromatic rings. The molecule has 0 unspecified atom stereocenters. The first-order valence-electron chi connectivity index (χ1n) is 5.23. The van der Waals surface area contributed by atoms with Crippen molar-refractivity contribution in [3.63, 3.8) is 0 Å². The fraction of sp³-hybridized carbons (Fsp3) is 0.385. The number of carbonyl (C=O) groups excluding carboxylic acids is 1. The Hall–Kier alpha value is -1.03. The summed E-state index contributed by atoms with van der Waals surface area (Å²) < 4.78 is 44.2. The molecule has 0 fully saturated rings. The molecule has 0 aliphatic rings. The Morgan fingerprint density at radius 2 is 1.58 bits per heavy atom. The molecule has 2 nitrogen and oxygen atoms in total. The second kappa shape index (κ2) is 8.97. The van der Waals surface area contributed by atoms with E-state index in [9.17, 15) is 18.0 Å². The van der Waals surface area contributed by atoms with E-state index in [1.54, 1.807) is 0 Å². The van der Waals surface area contributed by atoms with Gasteiger partial charge in [-0.2, -0.15) is 37.8 Å². The molecule has 0 aromatic heterocycles. The summed E-state index contributed by atoms with van der Waals surface area (Å²) in [7, 11) is 0. The zero-order chi connectivity index (χ0) is 15.7. The van der Waals surface area contributed by atoms with Gasteiger partial charge in [0, 0.05) is 0 Å². The third kappa shape index (κ3) is 11.8. The summed E-state index contributed by atoms with van der Waals surface area (Å²) in [6, 6.07) is 4.90. The van der Waals surface area contributed by atoms with Crippen LogP contribution in [-0.2, 0) is 32.8 Å². The topological polar surface area (TPSA) is 34.1 Å². The number of alkyl halides is 3. The van der Waals surface area contributed by atoms with Crippen LogP contribution in [0.3, 0.4) is 0 Å². The van der Waals surface area contributed by atoms with Gasteiger partial charge in [0.05, 0.1) is 0 Å². The molecule has 0 heterocycles. The van der Waals surface area contributed by atoms with Crippen LogP contribution in [0, 0.1) is 12.3 Å². The van der Waals surface area contributed by atoms with Gasteiger partial charge in [-0.25, -0.2) is 0 Å². The average Bonchev–Trinajstić information content (AvgIpc) is 2.30. The van der Waals surface area contributed by atoms with Crippen molar-refractivity contribution in [2.75, 3.05) is 0 Å². The van der Waals surface area contributed by atoms with Crippen molar-refractivity contribution in [3.05, 3.63) is 42.3 Å². The summed E-state index contributed by atoms with van der Waals surface area (Å²) in [4.78, 5) is 9.70. The predicted octanol–water partition coefficient (Wildman–Crippen LogP) is 3.91. The van der Waals surface area contributed by atoms with Crippen molar-refractivity contribution in [2.24, 2.45) is 5.41 Å². The number of halogens is 3. The van der Waals surface area contributed by atoms with E-state index in [2.05, 4.69) is 6.92 Å². The molecule has 0 aliphatic carbocycles. The molecule has 0 atom stereocenters. The Labute approximate surface area is 121 Å². The Morgan fingerprint density at radius 3 is 1.79 bits per heavy atom. The Kier molecular flexibility index (Phi) is 9.58. The molecule has 0 spiro atoms. The normalized spacial score (nSPS) is 10.5. The molecule has 1 rings (SSSR count). The minimum absolute atomic E-state index is 0.125. The standard InChI is InChI=1S/C8H6F3.C5H9O.O.Zn/c1-6-3-2-4-7(5-6)8(9,10)11;1-5(2,3)4-6;;/h2-5H,1H2;1-3H3;;/q2*-1;;. The van der Waals surface area contributed by atoms with E-state index in [1.165, 1.54) is 12.1 Å². The summed E-state index contributed by atoms with van der Waals surface area (Å²) in [5.74, 6) is 0. The van der Waals surface area contributed by atoms with Crippen LogP contribution in [0.5, 0.6) is 0 Å². The molecule has 0 bridgehead atoms. The SMILES string of the molecule is CC(C)(C)[C-]=O.[CH2-]c1cccc(C(F)(F)F)c1.[O]=[Zn]. The van der Waals surface area contributed by atoms with Crippen LogP contribution in [-0.4, -0.2) is 6.29 Å². The first-order valence-corrected chi connectivity index (χ1v) is 6.45. The fourth-order valence-corrected chi connectivity index (χ4v) is 0.748. The number of rotatable bonds is 0. The van der Waals surface area contributed by atoms with Crippen molar-refractivity contribution < 1.29 is 39.8 Å². The van der Waals surface area contributed by atoms with E-state index in [-0.39, 0.29) is 23.7 Å². The van der Waals surface area contributed by atoms with Gasteiger partial charge in [-0.15, -0.1) is 11.5 Å². The molecule has 0 aliphatic heterocycles. The van der Waals surface area contributed by atoms with Gasteiger partial charge in [-0.05, 0) is 5.56 Å². The number of hydrogen-bond donors (Lipinski definition) is 0. The van der Waals surface area contributed by atoms with Crippen LogP contribution in [0.15, 0.2) is 24.3 Å². The second-order valence-electron chi connectivity index (χ2n) is 4.55. The first kappa shape index (κ1) is 20.3. The van der Waals surface area contributed by atoms with Crippen LogP contribution in [0.2, 0.25) is 0 Å². The molecule has 0 saturated carbocycles. The maximum atomic E-state index is 11.9. The molecule has 104 valence electrons. The molecular weight excluding hydrogens is 311 g/mol. The molecular formula is C13H15F3O2Zn-2. The molecule has 0 N–H and O–H groups in total. The van der Waals surface area contributed by atoms with Crippen LogP contribution >= 0.6 is 0 Å². The maximum absolute atomic E-state index is 11.9. The summed E-state index contributed by atoms with van der Waals surface area (Å²) in [5, 5.41) is 0. The Morgan fingerprint density at radius 1 is 1.16 bits per heavy atom. The molecule has 0 radical (unpaired) electrons. The Balaban J connectivity index is 0. The van der Waals surface area contributed by atoms with Gasteiger partial charge < -0.3 is 4.79 Å². The van der Waals surface area contributed by atoms with Gasteiger partial charge in [0.25, 0.3) is 0 Å².